The van der Waals surface area contributed by atoms with Crippen LogP contribution in [0.2, 0.25) is 0 Å². The standard InChI is InChI=1S/C18H19N3O2S/c22-17(9-8-15-11-24-12-19-15)21-16(18(23)20-14-6-7-14)10-13-4-2-1-3-5-13/h1-5,8-9,11-12,14,16H,6-7,10H2,(H,20,23)(H,21,22)/b9-8+. The Morgan fingerprint density at radius 1 is 1.29 bits per heavy atom. The maximum Gasteiger partial charge on any atom is 0.244 e. The van der Waals surface area contributed by atoms with Crippen molar-refractivity contribution in [2.45, 2.75) is 31.3 Å². The van der Waals surface area contributed by atoms with Gasteiger partial charge < -0.3 is 10.6 Å². The quantitative estimate of drug-likeness (QED) is 0.758. The molecule has 2 amide bonds. The Balaban J connectivity index is 1.64. The summed E-state index contributed by atoms with van der Waals surface area (Å²) < 4.78 is 0. The number of aromatic nitrogens is 1. The van der Waals surface area contributed by atoms with Crippen molar-refractivity contribution in [3.05, 3.63) is 58.6 Å². The first kappa shape index (κ1) is 16.4. The molecule has 0 radical (unpaired) electrons. The molecule has 1 saturated carbocycles. The molecule has 124 valence electrons. The zero-order valence-electron chi connectivity index (χ0n) is 13.1. The van der Waals surface area contributed by atoms with Gasteiger partial charge in [-0.05, 0) is 24.5 Å². The second-order valence-electron chi connectivity index (χ2n) is 5.78. The molecule has 24 heavy (non-hydrogen) atoms. The van der Waals surface area contributed by atoms with Gasteiger partial charge in [-0.25, -0.2) is 4.98 Å². The van der Waals surface area contributed by atoms with Gasteiger partial charge in [0, 0.05) is 23.9 Å². The van der Waals surface area contributed by atoms with E-state index in [0.717, 1.165) is 24.1 Å². The van der Waals surface area contributed by atoms with E-state index in [1.807, 2.05) is 35.7 Å². The second-order valence-corrected chi connectivity index (χ2v) is 6.50. The van der Waals surface area contributed by atoms with Gasteiger partial charge in [-0.15, -0.1) is 11.3 Å². The highest BCUT2D eigenvalue weighted by Crippen LogP contribution is 2.19. The third kappa shape index (κ3) is 5.03. The highest BCUT2D eigenvalue weighted by Gasteiger charge is 2.28. The van der Waals surface area contributed by atoms with Crippen molar-refractivity contribution in [1.29, 1.82) is 0 Å². The number of rotatable bonds is 7. The molecule has 1 unspecified atom stereocenters. The molecule has 2 aromatic rings. The summed E-state index contributed by atoms with van der Waals surface area (Å²) in [4.78, 5) is 28.6. The Kier molecular flexibility index (Phi) is 5.38. The van der Waals surface area contributed by atoms with Crippen LogP contribution in [0, 0.1) is 0 Å². The molecule has 5 nitrogen and oxygen atoms in total. The first-order valence-corrected chi connectivity index (χ1v) is 8.86. The van der Waals surface area contributed by atoms with Gasteiger partial charge in [0.1, 0.15) is 6.04 Å². The lowest BCUT2D eigenvalue weighted by atomic mass is 10.1. The predicted molar refractivity (Wildman–Crippen MR) is 94.4 cm³/mol. The van der Waals surface area contributed by atoms with Gasteiger partial charge in [-0.3, -0.25) is 9.59 Å². The number of carbonyl (C=O) groups is 2. The highest BCUT2D eigenvalue weighted by molar-refractivity contribution is 7.07. The van der Waals surface area contributed by atoms with Crippen molar-refractivity contribution < 1.29 is 9.59 Å². The van der Waals surface area contributed by atoms with E-state index in [1.165, 1.54) is 17.4 Å². The van der Waals surface area contributed by atoms with Crippen molar-refractivity contribution in [3.8, 4) is 0 Å². The predicted octanol–water partition coefficient (Wildman–Crippen LogP) is 2.16. The fraction of sp³-hybridized carbons (Fsp3) is 0.278. The van der Waals surface area contributed by atoms with Crippen molar-refractivity contribution in [2.75, 3.05) is 0 Å². The van der Waals surface area contributed by atoms with Crippen LogP contribution in [0.5, 0.6) is 0 Å². The van der Waals surface area contributed by atoms with Crippen LogP contribution < -0.4 is 10.6 Å². The molecule has 1 heterocycles. The normalized spacial score (nSPS) is 15.2. The van der Waals surface area contributed by atoms with Crippen molar-refractivity contribution in [1.82, 2.24) is 15.6 Å². The molecule has 6 heteroatoms. The van der Waals surface area contributed by atoms with E-state index >= 15 is 0 Å². The molecule has 0 saturated heterocycles. The zero-order chi connectivity index (χ0) is 16.8. The second kappa shape index (κ2) is 7.88. The lowest BCUT2D eigenvalue weighted by Crippen LogP contribution is -2.48. The van der Waals surface area contributed by atoms with Crippen LogP contribution in [0.3, 0.4) is 0 Å². The summed E-state index contributed by atoms with van der Waals surface area (Å²) in [5, 5.41) is 7.61. The number of nitrogens with one attached hydrogen (secondary N) is 2. The summed E-state index contributed by atoms with van der Waals surface area (Å²) in [7, 11) is 0. The number of amides is 2. The molecule has 1 atom stereocenters. The molecule has 1 aliphatic rings. The first-order chi connectivity index (χ1) is 11.7. The number of hydrogen-bond acceptors (Lipinski definition) is 4. The SMILES string of the molecule is O=C(/C=C/c1cscn1)NC(Cc1ccccc1)C(=O)NC1CC1. The number of carbonyl (C=O) groups excluding carboxylic acids is 2. The first-order valence-electron chi connectivity index (χ1n) is 7.92. The van der Waals surface area contributed by atoms with Crippen LogP contribution in [-0.4, -0.2) is 28.9 Å². The van der Waals surface area contributed by atoms with Gasteiger partial charge in [0.15, 0.2) is 0 Å². The number of nitrogens with zero attached hydrogens (tertiary/aromatic N) is 1. The molecule has 1 aromatic heterocycles. The molecular weight excluding hydrogens is 322 g/mol. The van der Waals surface area contributed by atoms with Crippen molar-refractivity contribution in [3.63, 3.8) is 0 Å². The Labute approximate surface area is 144 Å². The summed E-state index contributed by atoms with van der Waals surface area (Å²) in [5.74, 6) is -0.424. The zero-order valence-corrected chi connectivity index (χ0v) is 14.0. The monoisotopic (exact) mass is 341 g/mol. The molecule has 1 fully saturated rings. The van der Waals surface area contributed by atoms with Crippen LogP contribution in [0.4, 0.5) is 0 Å². The summed E-state index contributed by atoms with van der Waals surface area (Å²) in [6.07, 6.45) is 5.56. The van der Waals surface area contributed by atoms with E-state index in [4.69, 9.17) is 0 Å². The summed E-state index contributed by atoms with van der Waals surface area (Å²) in [6.45, 7) is 0. The van der Waals surface area contributed by atoms with Gasteiger partial charge in [-0.2, -0.15) is 0 Å². The van der Waals surface area contributed by atoms with E-state index in [0.29, 0.717) is 6.42 Å². The van der Waals surface area contributed by atoms with Crippen molar-refractivity contribution in [2.24, 2.45) is 0 Å². The van der Waals surface area contributed by atoms with E-state index in [9.17, 15) is 9.59 Å². The van der Waals surface area contributed by atoms with Gasteiger partial charge in [0.2, 0.25) is 11.8 Å². The van der Waals surface area contributed by atoms with Crippen LogP contribution in [0.25, 0.3) is 6.08 Å². The number of benzene rings is 1. The lowest BCUT2D eigenvalue weighted by molar-refractivity contribution is -0.127. The number of thiazole rings is 1. The van der Waals surface area contributed by atoms with E-state index in [2.05, 4.69) is 15.6 Å². The third-order valence-corrected chi connectivity index (χ3v) is 4.30. The molecule has 0 bridgehead atoms. The Morgan fingerprint density at radius 2 is 2.08 bits per heavy atom. The molecule has 3 rings (SSSR count). The van der Waals surface area contributed by atoms with Crippen LogP contribution in [-0.2, 0) is 16.0 Å². The van der Waals surface area contributed by atoms with Crippen LogP contribution in [0.15, 0.2) is 47.3 Å². The molecule has 1 aliphatic carbocycles. The molecular formula is C18H19N3O2S. The maximum absolute atomic E-state index is 12.4. The van der Waals surface area contributed by atoms with Gasteiger partial charge in [0.25, 0.3) is 0 Å². The van der Waals surface area contributed by atoms with Gasteiger partial charge in [0.05, 0.1) is 11.2 Å². The Bertz CT molecular complexity index is 709. The molecule has 1 aromatic carbocycles. The Hall–Kier alpha value is -2.47. The average molecular weight is 341 g/mol. The summed E-state index contributed by atoms with van der Waals surface area (Å²) in [6, 6.07) is 9.37. The third-order valence-electron chi connectivity index (χ3n) is 3.70. The highest BCUT2D eigenvalue weighted by atomic mass is 32.1. The minimum atomic E-state index is -0.583. The Morgan fingerprint density at radius 3 is 2.75 bits per heavy atom. The minimum Gasteiger partial charge on any atom is -0.352 e. The molecule has 0 aliphatic heterocycles. The van der Waals surface area contributed by atoms with E-state index in [-0.39, 0.29) is 17.9 Å². The van der Waals surface area contributed by atoms with Gasteiger partial charge >= 0.3 is 0 Å². The largest absolute Gasteiger partial charge is 0.352 e. The summed E-state index contributed by atoms with van der Waals surface area (Å²) >= 11 is 1.47. The molecule has 2 N–H and O–H groups in total. The summed E-state index contributed by atoms with van der Waals surface area (Å²) in [5.41, 5.74) is 3.45. The fourth-order valence-electron chi connectivity index (χ4n) is 2.27. The minimum absolute atomic E-state index is 0.128. The van der Waals surface area contributed by atoms with E-state index < -0.39 is 6.04 Å². The average Bonchev–Trinajstić information content (AvgIpc) is 3.24. The fourth-order valence-corrected chi connectivity index (χ4v) is 2.80. The van der Waals surface area contributed by atoms with Crippen LogP contribution in [0.1, 0.15) is 24.1 Å². The molecule has 0 spiro atoms. The number of hydrogen-bond donors (Lipinski definition) is 2. The van der Waals surface area contributed by atoms with Gasteiger partial charge in [-0.1, -0.05) is 30.3 Å². The van der Waals surface area contributed by atoms with Crippen LogP contribution >= 0.6 is 11.3 Å². The smallest absolute Gasteiger partial charge is 0.244 e. The lowest BCUT2D eigenvalue weighted by Gasteiger charge is -2.17. The maximum atomic E-state index is 12.4. The van der Waals surface area contributed by atoms with Crippen molar-refractivity contribution >= 4 is 29.2 Å². The van der Waals surface area contributed by atoms with E-state index in [1.54, 1.807) is 11.6 Å². The topological polar surface area (TPSA) is 71.1 Å².